The number of alkyl halides is 3. The van der Waals surface area contributed by atoms with Gasteiger partial charge in [0.2, 0.25) is 5.60 Å². The topological polar surface area (TPSA) is 29.5 Å². The van der Waals surface area contributed by atoms with E-state index in [9.17, 15) is 18.3 Å². The summed E-state index contributed by atoms with van der Waals surface area (Å²) in [6.45, 7) is 1.66. The number of halogens is 3. The highest BCUT2D eigenvalue weighted by molar-refractivity contribution is 7.98. The molecule has 0 amide bonds. The van der Waals surface area contributed by atoms with Crippen LogP contribution in [0.1, 0.15) is 16.7 Å². The minimum atomic E-state index is -4.89. The molecule has 0 radical (unpaired) electrons. The second kappa shape index (κ2) is 6.45. The molecular weight excluding hydrogens is 325 g/mol. The van der Waals surface area contributed by atoms with Gasteiger partial charge in [0.25, 0.3) is 0 Å². The van der Waals surface area contributed by atoms with Crippen molar-refractivity contribution in [3.8, 4) is 5.75 Å². The van der Waals surface area contributed by atoms with Gasteiger partial charge in [-0.05, 0) is 43.0 Å². The molecule has 0 bridgehead atoms. The number of rotatable bonds is 4. The number of aryl methyl sites for hydroxylation is 1. The summed E-state index contributed by atoms with van der Waals surface area (Å²) in [6, 6.07) is 10.1. The number of hydrogen-bond acceptors (Lipinski definition) is 3. The summed E-state index contributed by atoms with van der Waals surface area (Å²) in [5, 5.41) is 10.7. The van der Waals surface area contributed by atoms with E-state index in [1.165, 1.54) is 43.1 Å². The summed E-state index contributed by atoms with van der Waals surface area (Å²) in [6.07, 6.45) is -3.07. The zero-order chi connectivity index (χ0) is 17.3. The van der Waals surface area contributed by atoms with Crippen molar-refractivity contribution in [3.63, 3.8) is 0 Å². The molecular formula is C17H17F3O2S. The van der Waals surface area contributed by atoms with Crippen LogP contribution < -0.4 is 4.74 Å². The average Bonchev–Trinajstić information content (AvgIpc) is 2.53. The Balaban J connectivity index is 2.72. The molecule has 2 rings (SSSR count). The van der Waals surface area contributed by atoms with Crippen LogP contribution >= 0.6 is 11.8 Å². The Morgan fingerprint density at radius 1 is 1.04 bits per heavy atom. The molecule has 2 nitrogen and oxygen atoms in total. The van der Waals surface area contributed by atoms with E-state index in [-0.39, 0.29) is 16.9 Å². The molecule has 0 saturated heterocycles. The van der Waals surface area contributed by atoms with Gasteiger partial charge >= 0.3 is 6.18 Å². The zero-order valence-electron chi connectivity index (χ0n) is 12.9. The zero-order valence-corrected chi connectivity index (χ0v) is 13.8. The van der Waals surface area contributed by atoms with Crippen molar-refractivity contribution in [2.75, 3.05) is 13.4 Å². The third-order valence-corrected chi connectivity index (χ3v) is 4.41. The monoisotopic (exact) mass is 342 g/mol. The van der Waals surface area contributed by atoms with Crippen LogP contribution in [0.5, 0.6) is 5.75 Å². The largest absolute Gasteiger partial charge is 0.496 e. The minimum Gasteiger partial charge on any atom is -0.496 e. The molecule has 1 N–H and O–H groups in total. The fourth-order valence-electron chi connectivity index (χ4n) is 2.41. The van der Waals surface area contributed by atoms with E-state index in [4.69, 9.17) is 4.74 Å². The number of benzene rings is 2. The van der Waals surface area contributed by atoms with Crippen molar-refractivity contribution in [2.45, 2.75) is 23.6 Å². The summed E-state index contributed by atoms with van der Waals surface area (Å²) in [7, 11) is 1.28. The van der Waals surface area contributed by atoms with E-state index in [1.54, 1.807) is 25.1 Å². The Morgan fingerprint density at radius 3 is 2.13 bits per heavy atom. The highest BCUT2D eigenvalue weighted by atomic mass is 32.2. The molecule has 0 spiro atoms. The third-order valence-electron chi connectivity index (χ3n) is 3.66. The fourth-order valence-corrected chi connectivity index (χ4v) is 2.82. The number of aliphatic hydroxyl groups is 1. The average molecular weight is 342 g/mol. The minimum absolute atomic E-state index is 0.00984. The van der Waals surface area contributed by atoms with Crippen molar-refractivity contribution in [1.82, 2.24) is 0 Å². The first kappa shape index (κ1) is 17.7. The van der Waals surface area contributed by atoms with E-state index in [0.29, 0.717) is 5.56 Å². The molecule has 2 aromatic rings. The first-order chi connectivity index (χ1) is 10.7. The normalized spacial score (nSPS) is 14.4. The molecule has 0 aliphatic rings. The molecule has 124 valence electrons. The van der Waals surface area contributed by atoms with Gasteiger partial charge in [0, 0.05) is 10.5 Å². The molecule has 2 aromatic carbocycles. The van der Waals surface area contributed by atoms with Crippen LogP contribution in [-0.4, -0.2) is 24.6 Å². The summed E-state index contributed by atoms with van der Waals surface area (Å²) in [4.78, 5) is 0.814. The third kappa shape index (κ3) is 3.19. The molecule has 0 fully saturated rings. The van der Waals surface area contributed by atoms with Gasteiger partial charge in [0.1, 0.15) is 5.75 Å². The second-order valence-corrected chi connectivity index (χ2v) is 6.02. The van der Waals surface area contributed by atoms with E-state index >= 15 is 0 Å². The lowest BCUT2D eigenvalue weighted by molar-refractivity contribution is -0.248. The molecule has 0 aliphatic carbocycles. The van der Waals surface area contributed by atoms with Crippen LogP contribution in [0, 0.1) is 6.92 Å². The summed E-state index contributed by atoms with van der Waals surface area (Å²) in [5.41, 5.74) is -3.10. The van der Waals surface area contributed by atoms with Crippen LogP contribution in [0.4, 0.5) is 13.2 Å². The summed E-state index contributed by atoms with van der Waals surface area (Å²) < 4.78 is 46.4. The van der Waals surface area contributed by atoms with Crippen LogP contribution in [0.25, 0.3) is 0 Å². The molecule has 0 heterocycles. The number of hydrogen-bond donors (Lipinski definition) is 1. The van der Waals surface area contributed by atoms with Gasteiger partial charge in [-0.1, -0.05) is 23.8 Å². The Labute approximate surface area is 137 Å². The van der Waals surface area contributed by atoms with Crippen molar-refractivity contribution in [1.29, 1.82) is 0 Å². The Kier molecular flexibility index (Phi) is 4.96. The smallest absolute Gasteiger partial charge is 0.425 e. The SMILES string of the molecule is COc1ccc(C)cc1C(O)(c1ccc(SC)cc1)C(F)(F)F. The van der Waals surface area contributed by atoms with Gasteiger partial charge in [-0.15, -0.1) is 11.8 Å². The Bertz CT molecular complexity index is 683. The molecule has 1 atom stereocenters. The fraction of sp³-hybridized carbons (Fsp3) is 0.294. The van der Waals surface area contributed by atoms with E-state index in [0.717, 1.165) is 4.90 Å². The van der Waals surface area contributed by atoms with Gasteiger partial charge in [-0.2, -0.15) is 13.2 Å². The first-order valence-corrected chi connectivity index (χ1v) is 8.05. The van der Waals surface area contributed by atoms with Crippen LogP contribution in [-0.2, 0) is 5.60 Å². The molecule has 6 heteroatoms. The summed E-state index contributed by atoms with van der Waals surface area (Å²) in [5.74, 6) is -0.00984. The van der Waals surface area contributed by atoms with E-state index in [2.05, 4.69) is 0 Å². The van der Waals surface area contributed by atoms with Gasteiger partial charge in [-0.25, -0.2) is 0 Å². The van der Waals surface area contributed by atoms with Crippen LogP contribution in [0.2, 0.25) is 0 Å². The lowest BCUT2D eigenvalue weighted by atomic mass is 9.84. The van der Waals surface area contributed by atoms with Gasteiger partial charge in [0.15, 0.2) is 0 Å². The second-order valence-electron chi connectivity index (χ2n) is 5.14. The van der Waals surface area contributed by atoms with Gasteiger partial charge in [-0.3, -0.25) is 0 Å². The van der Waals surface area contributed by atoms with E-state index < -0.39 is 11.8 Å². The van der Waals surface area contributed by atoms with E-state index in [1.807, 2.05) is 6.26 Å². The molecule has 23 heavy (non-hydrogen) atoms. The van der Waals surface area contributed by atoms with Gasteiger partial charge in [0.05, 0.1) is 7.11 Å². The maximum atomic E-state index is 13.8. The molecule has 0 saturated carbocycles. The first-order valence-electron chi connectivity index (χ1n) is 6.82. The summed E-state index contributed by atoms with van der Waals surface area (Å²) >= 11 is 1.41. The highest BCUT2D eigenvalue weighted by Gasteiger charge is 2.57. The quantitative estimate of drug-likeness (QED) is 0.828. The van der Waals surface area contributed by atoms with Crippen LogP contribution in [0.3, 0.4) is 0 Å². The van der Waals surface area contributed by atoms with Crippen molar-refractivity contribution in [3.05, 3.63) is 59.2 Å². The van der Waals surface area contributed by atoms with Crippen molar-refractivity contribution >= 4 is 11.8 Å². The maximum Gasteiger partial charge on any atom is 0.425 e. The van der Waals surface area contributed by atoms with Gasteiger partial charge < -0.3 is 9.84 Å². The van der Waals surface area contributed by atoms with Crippen molar-refractivity contribution in [2.24, 2.45) is 0 Å². The number of thioether (sulfide) groups is 1. The standard InChI is InChI=1S/C17H17F3O2S/c1-11-4-9-15(22-2)14(10-11)16(21,17(18,19)20)12-5-7-13(23-3)8-6-12/h4-10,21H,1-3H3. The predicted molar refractivity (Wildman–Crippen MR) is 85.0 cm³/mol. The molecule has 1 unspecified atom stereocenters. The Hall–Kier alpha value is -1.66. The lowest BCUT2D eigenvalue weighted by Crippen LogP contribution is -2.43. The number of methoxy groups -OCH3 is 1. The molecule has 0 aromatic heterocycles. The lowest BCUT2D eigenvalue weighted by Gasteiger charge is -2.33. The Morgan fingerprint density at radius 2 is 1.65 bits per heavy atom. The highest BCUT2D eigenvalue weighted by Crippen LogP contribution is 2.47. The molecule has 0 aliphatic heterocycles. The maximum absolute atomic E-state index is 13.8. The van der Waals surface area contributed by atoms with Crippen molar-refractivity contribution < 1.29 is 23.0 Å². The van der Waals surface area contributed by atoms with Crippen LogP contribution in [0.15, 0.2) is 47.4 Å². The number of ether oxygens (including phenoxy) is 1. The predicted octanol–water partition coefficient (Wildman–Crippen LogP) is 4.52.